The lowest BCUT2D eigenvalue weighted by Gasteiger charge is -1.97. The molecule has 3 rings (SSSR count). The molecule has 3 aromatic rings. The number of rotatable bonds is 3. The smallest absolute Gasteiger partial charge is 0.258 e. The van der Waals surface area contributed by atoms with E-state index in [0.717, 1.165) is 18.9 Å². The van der Waals surface area contributed by atoms with Crippen LogP contribution in [0.25, 0.3) is 10.2 Å². The van der Waals surface area contributed by atoms with Gasteiger partial charge < -0.3 is 4.74 Å². The minimum absolute atomic E-state index is 0.129. The first kappa shape index (κ1) is 13.8. The fourth-order valence-corrected chi connectivity index (χ4v) is 3.90. The number of hydrogen-bond donors (Lipinski definition) is 1. The van der Waals surface area contributed by atoms with Crippen LogP contribution in [0.3, 0.4) is 0 Å². The number of thiophene rings is 1. The maximum absolute atomic E-state index is 12.1. The van der Waals surface area contributed by atoms with Gasteiger partial charge in [0.25, 0.3) is 5.91 Å². The number of carbonyl (C=O) groups is 1. The molecule has 102 valence electrons. The molecule has 1 amide bonds. The van der Waals surface area contributed by atoms with Crippen molar-refractivity contribution in [2.75, 3.05) is 12.4 Å². The molecule has 0 saturated heterocycles. The highest BCUT2D eigenvalue weighted by atomic mass is 127. The quantitative estimate of drug-likeness (QED) is 0.651. The van der Waals surface area contributed by atoms with Crippen LogP contribution in [0.5, 0.6) is 5.75 Å². The number of aromatic nitrogens is 1. The molecule has 0 bridgehead atoms. The van der Waals surface area contributed by atoms with Gasteiger partial charge in [0.2, 0.25) is 0 Å². The molecule has 1 N–H and O–H groups in total. The Morgan fingerprint density at radius 1 is 1.40 bits per heavy atom. The van der Waals surface area contributed by atoms with E-state index < -0.39 is 0 Å². The van der Waals surface area contributed by atoms with Crippen LogP contribution in [0.4, 0.5) is 5.13 Å². The van der Waals surface area contributed by atoms with Crippen molar-refractivity contribution in [3.63, 3.8) is 0 Å². The van der Waals surface area contributed by atoms with Crippen LogP contribution in [0.2, 0.25) is 0 Å². The fraction of sp³-hybridized carbons (Fsp3) is 0.0769. The average molecular weight is 416 g/mol. The number of hydrogen-bond acceptors (Lipinski definition) is 5. The Balaban J connectivity index is 1.85. The summed E-state index contributed by atoms with van der Waals surface area (Å²) in [6.45, 7) is 0. The van der Waals surface area contributed by atoms with Crippen molar-refractivity contribution in [3.8, 4) is 5.75 Å². The molecule has 2 aromatic heterocycles. The normalized spacial score (nSPS) is 10.7. The van der Waals surface area contributed by atoms with Crippen LogP contribution in [0.15, 0.2) is 29.6 Å². The number of thiazole rings is 1. The number of ether oxygens (including phenoxy) is 1. The van der Waals surface area contributed by atoms with Crippen molar-refractivity contribution >= 4 is 66.5 Å². The van der Waals surface area contributed by atoms with Gasteiger partial charge in [-0.15, -0.1) is 11.3 Å². The monoisotopic (exact) mass is 416 g/mol. The van der Waals surface area contributed by atoms with Crippen molar-refractivity contribution in [1.29, 1.82) is 0 Å². The first-order valence-electron chi connectivity index (χ1n) is 5.65. The Labute approximate surface area is 136 Å². The predicted molar refractivity (Wildman–Crippen MR) is 91.2 cm³/mol. The molecule has 0 unspecified atom stereocenters. The first-order valence-corrected chi connectivity index (χ1v) is 8.43. The number of nitrogens with zero attached hydrogens (tertiary/aromatic N) is 1. The number of carbonyl (C=O) groups excluding carboxylic acids is 1. The summed E-state index contributed by atoms with van der Waals surface area (Å²) in [7, 11) is 1.63. The third-order valence-corrected chi connectivity index (χ3v) is 5.37. The van der Waals surface area contributed by atoms with E-state index in [0.29, 0.717) is 10.7 Å². The maximum Gasteiger partial charge on any atom is 0.258 e. The summed E-state index contributed by atoms with van der Waals surface area (Å²) in [6.07, 6.45) is 0. The largest absolute Gasteiger partial charge is 0.497 e. The van der Waals surface area contributed by atoms with E-state index in [9.17, 15) is 4.79 Å². The zero-order valence-electron chi connectivity index (χ0n) is 10.3. The lowest BCUT2D eigenvalue weighted by molar-refractivity contribution is 0.102. The third-order valence-electron chi connectivity index (χ3n) is 2.65. The number of anilines is 1. The van der Waals surface area contributed by atoms with Crippen molar-refractivity contribution < 1.29 is 9.53 Å². The van der Waals surface area contributed by atoms with E-state index in [2.05, 4.69) is 32.9 Å². The second kappa shape index (κ2) is 5.66. The predicted octanol–water partition coefficient (Wildman–Crippen LogP) is 4.22. The minimum Gasteiger partial charge on any atom is -0.497 e. The molecule has 0 aliphatic carbocycles. The highest BCUT2D eigenvalue weighted by molar-refractivity contribution is 14.1. The van der Waals surface area contributed by atoms with E-state index in [1.807, 2.05) is 29.6 Å². The molecular weight excluding hydrogens is 407 g/mol. The van der Waals surface area contributed by atoms with E-state index in [1.165, 1.54) is 11.3 Å². The van der Waals surface area contributed by atoms with Crippen LogP contribution in [-0.4, -0.2) is 18.0 Å². The van der Waals surface area contributed by atoms with Gasteiger partial charge in [-0.1, -0.05) is 11.3 Å². The van der Waals surface area contributed by atoms with Gasteiger partial charge in [-0.05, 0) is 46.9 Å². The Hall–Kier alpha value is -1.19. The van der Waals surface area contributed by atoms with Crippen LogP contribution >= 0.6 is 45.3 Å². The third kappa shape index (κ3) is 2.79. The van der Waals surface area contributed by atoms with Gasteiger partial charge >= 0.3 is 0 Å². The Bertz CT molecular complexity index is 782. The molecule has 7 heteroatoms. The van der Waals surface area contributed by atoms with Gasteiger partial charge in [-0.25, -0.2) is 4.98 Å². The van der Waals surface area contributed by atoms with Crippen LogP contribution < -0.4 is 10.1 Å². The SMILES string of the molecule is COc1ccc2nc(NC(=O)c3csc(I)c3)sc2c1. The van der Waals surface area contributed by atoms with Crippen molar-refractivity contribution in [3.05, 3.63) is 38.1 Å². The van der Waals surface area contributed by atoms with Gasteiger partial charge in [-0.2, -0.15) is 0 Å². The van der Waals surface area contributed by atoms with Gasteiger partial charge in [0.1, 0.15) is 5.75 Å². The molecule has 20 heavy (non-hydrogen) atoms. The molecule has 1 aromatic carbocycles. The average Bonchev–Trinajstić information content (AvgIpc) is 3.03. The summed E-state index contributed by atoms with van der Waals surface area (Å²) in [6, 6.07) is 7.51. The summed E-state index contributed by atoms with van der Waals surface area (Å²) in [4.78, 5) is 16.5. The second-order valence-electron chi connectivity index (χ2n) is 3.95. The molecule has 0 atom stereocenters. The first-order chi connectivity index (χ1) is 9.65. The summed E-state index contributed by atoms with van der Waals surface area (Å²) in [5.74, 6) is 0.654. The highest BCUT2D eigenvalue weighted by Crippen LogP contribution is 2.29. The van der Waals surface area contributed by atoms with Crippen LogP contribution in [-0.2, 0) is 0 Å². The lowest BCUT2D eigenvalue weighted by Crippen LogP contribution is -2.10. The fourth-order valence-electron chi connectivity index (χ4n) is 1.68. The minimum atomic E-state index is -0.129. The van der Waals surface area contributed by atoms with Gasteiger partial charge in [-0.3, -0.25) is 10.1 Å². The number of nitrogens with one attached hydrogen (secondary N) is 1. The molecule has 0 aliphatic heterocycles. The van der Waals surface area contributed by atoms with E-state index in [1.54, 1.807) is 18.4 Å². The number of halogens is 1. The summed E-state index contributed by atoms with van der Waals surface area (Å²) < 4.78 is 7.25. The Morgan fingerprint density at radius 3 is 2.95 bits per heavy atom. The summed E-state index contributed by atoms with van der Waals surface area (Å²) >= 11 is 5.18. The van der Waals surface area contributed by atoms with Crippen LogP contribution in [0.1, 0.15) is 10.4 Å². The molecule has 0 spiro atoms. The van der Waals surface area contributed by atoms with E-state index >= 15 is 0 Å². The molecule has 4 nitrogen and oxygen atoms in total. The zero-order chi connectivity index (χ0) is 14.1. The Morgan fingerprint density at radius 2 is 2.25 bits per heavy atom. The number of fused-ring (bicyclic) bond motifs is 1. The molecule has 0 fully saturated rings. The zero-order valence-corrected chi connectivity index (χ0v) is 14.1. The van der Waals surface area contributed by atoms with Gasteiger partial charge in [0.05, 0.1) is 25.8 Å². The topological polar surface area (TPSA) is 51.2 Å². The maximum atomic E-state index is 12.1. The highest BCUT2D eigenvalue weighted by Gasteiger charge is 2.11. The molecule has 0 aliphatic rings. The van der Waals surface area contributed by atoms with Crippen molar-refractivity contribution in [2.45, 2.75) is 0 Å². The summed E-state index contributed by atoms with van der Waals surface area (Å²) in [5.41, 5.74) is 1.52. The van der Waals surface area contributed by atoms with E-state index in [-0.39, 0.29) is 5.91 Å². The number of amides is 1. The van der Waals surface area contributed by atoms with Crippen LogP contribution in [0, 0.1) is 2.88 Å². The van der Waals surface area contributed by atoms with Crippen molar-refractivity contribution in [1.82, 2.24) is 4.98 Å². The van der Waals surface area contributed by atoms with Gasteiger partial charge in [0, 0.05) is 5.38 Å². The molecular formula is C13H9IN2O2S2. The second-order valence-corrected chi connectivity index (χ2v) is 7.78. The lowest BCUT2D eigenvalue weighted by atomic mass is 10.3. The standard InChI is InChI=1S/C13H9IN2O2S2/c1-18-8-2-3-9-10(5-8)20-13(15-9)16-12(17)7-4-11(14)19-6-7/h2-6H,1H3,(H,15,16,17). The molecule has 2 heterocycles. The van der Waals surface area contributed by atoms with Gasteiger partial charge in [0.15, 0.2) is 5.13 Å². The van der Waals surface area contributed by atoms with E-state index in [4.69, 9.17) is 4.74 Å². The summed E-state index contributed by atoms with van der Waals surface area (Å²) in [5, 5.41) is 5.27. The molecule has 0 radical (unpaired) electrons. The van der Waals surface area contributed by atoms with Crippen molar-refractivity contribution in [2.24, 2.45) is 0 Å². The number of benzene rings is 1. The number of methoxy groups -OCH3 is 1. The Kier molecular flexibility index (Phi) is 3.90. The molecule has 0 saturated carbocycles.